The molecule has 1 aromatic carbocycles. The Hall–Kier alpha value is -2.43. The van der Waals surface area contributed by atoms with E-state index in [9.17, 15) is 4.79 Å². The van der Waals surface area contributed by atoms with E-state index in [2.05, 4.69) is 50.1 Å². The second-order valence-electron chi connectivity index (χ2n) is 8.14. The second-order valence-corrected chi connectivity index (χ2v) is 8.14. The summed E-state index contributed by atoms with van der Waals surface area (Å²) in [6, 6.07) is 10.6. The maximum atomic E-state index is 13.1. The Morgan fingerprint density at radius 2 is 1.89 bits per heavy atom. The number of benzene rings is 1. The molecule has 1 amide bonds. The van der Waals surface area contributed by atoms with Crippen LogP contribution < -0.4 is 4.90 Å². The molecule has 0 radical (unpaired) electrons. The Morgan fingerprint density at radius 3 is 2.70 bits per heavy atom. The number of hydrogen-bond donors (Lipinski definition) is 0. The molecule has 1 saturated heterocycles. The highest BCUT2D eigenvalue weighted by atomic mass is 16.2. The van der Waals surface area contributed by atoms with Crippen molar-refractivity contribution >= 4 is 11.7 Å². The number of hydrogen-bond acceptors (Lipinski definition) is 4. The molecular formula is C22H26N4O. The van der Waals surface area contributed by atoms with Gasteiger partial charge in [0.25, 0.3) is 0 Å². The van der Waals surface area contributed by atoms with Gasteiger partial charge in [-0.3, -0.25) is 4.79 Å². The van der Waals surface area contributed by atoms with Gasteiger partial charge in [-0.05, 0) is 36.8 Å². The maximum absolute atomic E-state index is 13.1. The number of nitrogens with zero attached hydrogens (tertiary/aromatic N) is 4. The van der Waals surface area contributed by atoms with Crippen molar-refractivity contribution in [3.05, 3.63) is 53.5 Å². The van der Waals surface area contributed by atoms with Crippen LogP contribution in [0.4, 0.5) is 5.82 Å². The molecule has 1 unspecified atom stereocenters. The third-order valence-electron chi connectivity index (χ3n) is 6.50. The molecule has 0 bridgehead atoms. The predicted octanol–water partition coefficient (Wildman–Crippen LogP) is 3.16. The molecule has 2 aromatic rings. The minimum absolute atomic E-state index is 0.0809. The van der Waals surface area contributed by atoms with E-state index < -0.39 is 0 Å². The summed E-state index contributed by atoms with van der Waals surface area (Å²) in [6.45, 7) is 3.27. The van der Waals surface area contributed by atoms with Crippen LogP contribution in [0.3, 0.4) is 0 Å². The minimum atomic E-state index is 0.0809. The van der Waals surface area contributed by atoms with E-state index in [1.807, 2.05) is 0 Å². The lowest BCUT2D eigenvalue weighted by atomic mass is 9.83. The van der Waals surface area contributed by atoms with Gasteiger partial charge in [0, 0.05) is 43.9 Å². The summed E-state index contributed by atoms with van der Waals surface area (Å²) in [5, 5.41) is 0. The van der Waals surface area contributed by atoms with Gasteiger partial charge in [0.15, 0.2) is 0 Å². The summed E-state index contributed by atoms with van der Waals surface area (Å²) in [7, 11) is 0. The quantitative estimate of drug-likeness (QED) is 0.842. The number of aromatic nitrogens is 2. The van der Waals surface area contributed by atoms with Crippen LogP contribution in [0.2, 0.25) is 0 Å². The maximum Gasteiger partial charge on any atom is 0.227 e. The number of rotatable bonds is 3. The molecule has 1 aromatic heterocycles. The first-order chi connectivity index (χ1) is 13.3. The van der Waals surface area contributed by atoms with Crippen LogP contribution in [0.5, 0.6) is 0 Å². The van der Waals surface area contributed by atoms with Gasteiger partial charge < -0.3 is 9.80 Å². The number of amides is 1. The Labute approximate surface area is 160 Å². The highest BCUT2D eigenvalue weighted by Gasteiger charge is 2.33. The lowest BCUT2D eigenvalue weighted by Gasteiger charge is -2.31. The van der Waals surface area contributed by atoms with Gasteiger partial charge in [-0.1, -0.05) is 30.7 Å². The lowest BCUT2D eigenvalue weighted by Crippen LogP contribution is -2.40. The average molecular weight is 362 g/mol. The zero-order chi connectivity index (χ0) is 18.2. The van der Waals surface area contributed by atoms with Crippen molar-refractivity contribution in [1.29, 1.82) is 0 Å². The first-order valence-corrected chi connectivity index (χ1v) is 10.2. The van der Waals surface area contributed by atoms with E-state index in [4.69, 9.17) is 0 Å². The Balaban J connectivity index is 1.25. The molecule has 5 heteroatoms. The molecule has 0 spiro atoms. The van der Waals surface area contributed by atoms with Crippen molar-refractivity contribution in [3.8, 4) is 0 Å². The van der Waals surface area contributed by atoms with Crippen LogP contribution in [-0.4, -0.2) is 40.4 Å². The summed E-state index contributed by atoms with van der Waals surface area (Å²) < 4.78 is 0. The lowest BCUT2D eigenvalue weighted by molar-refractivity contribution is -0.135. The van der Waals surface area contributed by atoms with Gasteiger partial charge in [-0.25, -0.2) is 9.97 Å². The van der Waals surface area contributed by atoms with Crippen LogP contribution >= 0.6 is 0 Å². The zero-order valence-corrected chi connectivity index (χ0v) is 15.7. The van der Waals surface area contributed by atoms with Gasteiger partial charge in [0.1, 0.15) is 12.1 Å². The fourth-order valence-corrected chi connectivity index (χ4v) is 4.57. The summed E-state index contributed by atoms with van der Waals surface area (Å²) in [6.07, 6.45) is 7.37. The normalized spacial score (nSPS) is 22.4. The minimum Gasteiger partial charge on any atom is -0.356 e. The van der Waals surface area contributed by atoms with Crippen molar-refractivity contribution < 1.29 is 4.79 Å². The van der Waals surface area contributed by atoms with Crippen LogP contribution in [0.1, 0.15) is 48.4 Å². The van der Waals surface area contributed by atoms with E-state index in [0.29, 0.717) is 11.8 Å². The van der Waals surface area contributed by atoms with Gasteiger partial charge in [0.2, 0.25) is 5.91 Å². The van der Waals surface area contributed by atoms with Gasteiger partial charge >= 0.3 is 0 Å². The third kappa shape index (κ3) is 3.20. The highest BCUT2D eigenvalue weighted by molar-refractivity contribution is 5.80. The molecule has 1 aliphatic carbocycles. The van der Waals surface area contributed by atoms with Crippen LogP contribution in [0.15, 0.2) is 36.7 Å². The average Bonchev–Trinajstić information content (AvgIpc) is 3.16. The topological polar surface area (TPSA) is 49.3 Å². The third-order valence-corrected chi connectivity index (χ3v) is 6.50. The van der Waals surface area contributed by atoms with E-state index >= 15 is 0 Å². The largest absolute Gasteiger partial charge is 0.356 e. The molecule has 0 N–H and O–H groups in total. The molecule has 2 aliphatic heterocycles. The number of carbonyl (C=O) groups excluding carboxylic acids is 1. The number of anilines is 1. The van der Waals surface area contributed by atoms with Crippen molar-refractivity contribution in [3.63, 3.8) is 0 Å². The zero-order valence-electron chi connectivity index (χ0n) is 15.7. The first-order valence-electron chi connectivity index (χ1n) is 10.2. The molecule has 5 rings (SSSR count). The standard InChI is InChI=1S/C22H26N4O/c27-22(26-11-8-16-4-1-2-5-18(16)13-26)19-9-10-25(14-19)21-12-20(23-15-24-21)17-6-3-7-17/h1-2,4-5,12,15,17,19H,3,6-11,13-14H2. The SMILES string of the molecule is O=C(C1CCN(c2cc(C3CCC3)ncn2)C1)N1CCc2ccccc2C1. The first kappa shape index (κ1) is 16.7. The smallest absolute Gasteiger partial charge is 0.227 e. The molecular weight excluding hydrogens is 336 g/mol. The van der Waals surface area contributed by atoms with Gasteiger partial charge in [0.05, 0.1) is 5.92 Å². The summed E-state index contributed by atoms with van der Waals surface area (Å²) in [4.78, 5) is 26.4. The summed E-state index contributed by atoms with van der Waals surface area (Å²) >= 11 is 0. The van der Waals surface area contributed by atoms with Gasteiger partial charge in [-0.2, -0.15) is 0 Å². The van der Waals surface area contributed by atoms with Gasteiger partial charge in [-0.15, -0.1) is 0 Å². The van der Waals surface area contributed by atoms with Crippen LogP contribution in [-0.2, 0) is 17.8 Å². The van der Waals surface area contributed by atoms with Crippen molar-refractivity contribution in [2.24, 2.45) is 5.92 Å². The molecule has 2 fully saturated rings. The number of fused-ring (bicyclic) bond motifs is 1. The summed E-state index contributed by atoms with van der Waals surface area (Å²) in [5.74, 6) is 1.99. The molecule has 27 heavy (non-hydrogen) atoms. The van der Waals surface area contributed by atoms with E-state index in [0.717, 1.165) is 44.8 Å². The number of carbonyl (C=O) groups is 1. The van der Waals surface area contributed by atoms with E-state index in [-0.39, 0.29) is 5.92 Å². The molecule has 3 aliphatic rings. The van der Waals surface area contributed by atoms with E-state index in [1.165, 1.54) is 36.1 Å². The van der Waals surface area contributed by atoms with Crippen molar-refractivity contribution in [2.75, 3.05) is 24.5 Å². The second kappa shape index (κ2) is 6.95. The fourth-order valence-electron chi connectivity index (χ4n) is 4.57. The van der Waals surface area contributed by atoms with Crippen LogP contribution in [0.25, 0.3) is 0 Å². The van der Waals surface area contributed by atoms with Crippen LogP contribution in [0, 0.1) is 5.92 Å². The molecule has 140 valence electrons. The molecule has 5 nitrogen and oxygen atoms in total. The molecule has 1 atom stereocenters. The highest BCUT2D eigenvalue weighted by Crippen LogP contribution is 2.36. The van der Waals surface area contributed by atoms with Crippen molar-refractivity contribution in [2.45, 2.75) is 44.6 Å². The van der Waals surface area contributed by atoms with Crippen molar-refractivity contribution in [1.82, 2.24) is 14.9 Å². The fraction of sp³-hybridized carbons (Fsp3) is 0.500. The summed E-state index contributed by atoms with van der Waals surface area (Å²) in [5.41, 5.74) is 3.86. The Kier molecular flexibility index (Phi) is 4.30. The Bertz CT molecular complexity index is 848. The monoisotopic (exact) mass is 362 g/mol. The predicted molar refractivity (Wildman–Crippen MR) is 105 cm³/mol. The molecule has 3 heterocycles. The van der Waals surface area contributed by atoms with E-state index in [1.54, 1.807) is 6.33 Å². The Morgan fingerprint density at radius 1 is 1.04 bits per heavy atom. The molecule has 1 saturated carbocycles.